The van der Waals surface area contributed by atoms with Crippen molar-refractivity contribution >= 4 is 34.2 Å². The molecule has 132 valence electrons. The molecule has 0 radical (unpaired) electrons. The highest BCUT2D eigenvalue weighted by Crippen LogP contribution is 2.31. The molecule has 25 heavy (non-hydrogen) atoms. The van der Waals surface area contributed by atoms with E-state index in [-0.39, 0.29) is 22.4 Å². The lowest BCUT2D eigenvalue weighted by atomic mass is 10.2. The zero-order chi connectivity index (χ0) is 18.2. The number of rotatable bonds is 4. The Bertz CT molecular complexity index is 922. The average molecular weight is 389 g/mol. The molecule has 0 spiro atoms. The first-order valence-corrected chi connectivity index (χ1v) is 8.06. The molecule has 1 heterocycles. The molecule has 0 atom stereocenters. The SMILES string of the molecule is COc1cccc(Cn2c(CC(F)(F)F)nc3cc(Cl)c(Cl)cc32)c1. The second-order valence-electron chi connectivity index (χ2n) is 5.51. The zero-order valence-corrected chi connectivity index (χ0v) is 14.6. The standard InChI is InChI=1S/C17H13Cl2F3N2O/c1-25-11-4-2-3-10(5-11)9-24-15-7-13(19)12(18)6-14(15)23-16(24)8-17(20,21)22/h2-7H,8-9H2,1H3. The fourth-order valence-corrected chi connectivity index (χ4v) is 2.93. The Morgan fingerprint density at radius 1 is 1.12 bits per heavy atom. The van der Waals surface area contributed by atoms with E-state index in [1.807, 2.05) is 6.07 Å². The van der Waals surface area contributed by atoms with Crippen molar-refractivity contribution in [2.24, 2.45) is 0 Å². The highest BCUT2D eigenvalue weighted by molar-refractivity contribution is 6.42. The van der Waals surface area contributed by atoms with Gasteiger partial charge in [0.25, 0.3) is 0 Å². The van der Waals surface area contributed by atoms with E-state index < -0.39 is 12.6 Å². The van der Waals surface area contributed by atoms with Crippen molar-refractivity contribution in [3.8, 4) is 5.75 Å². The van der Waals surface area contributed by atoms with Crippen LogP contribution in [-0.2, 0) is 13.0 Å². The topological polar surface area (TPSA) is 27.1 Å². The van der Waals surface area contributed by atoms with E-state index in [1.54, 1.807) is 18.2 Å². The van der Waals surface area contributed by atoms with Gasteiger partial charge in [-0.3, -0.25) is 0 Å². The van der Waals surface area contributed by atoms with Crippen molar-refractivity contribution in [2.45, 2.75) is 19.1 Å². The molecule has 0 unspecified atom stereocenters. The van der Waals surface area contributed by atoms with Gasteiger partial charge in [0.15, 0.2) is 0 Å². The molecule has 0 amide bonds. The third kappa shape index (κ3) is 4.02. The number of methoxy groups -OCH3 is 1. The third-order valence-electron chi connectivity index (χ3n) is 3.70. The third-order valence-corrected chi connectivity index (χ3v) is 4.42. The van der Waals surface area contributed by atoms with Crippen molar-refractivity contribution < 1.29 is 17.9 Å². The number of hydrogen-bond donors (Lipinski definition) is 0. The second-order valence-corrected chi connectivity index (χ2v) is 6.33. The van der Waals surface area contributed by atoms with Crippen LogP contribution < -0.4 is 4.74 Å². The molecule has 0 aliphatic heterocycles. The van der Waals surface area contributed by atoms with Crippen LogP contribution in [-0.4, -0.2) is 22.8 Å². The van der Waals surface area contributed by atoms with E-state index in [2.05, 4.69) is 4.98 Å². The van der Waals surface area contributed by atoms with E-state index in [0.717, 1.165) is 5.56 Å². The number of benzene rings is 2. The first-order valence-electron chi connectivity index (χ1n) is 7.30. The van der Waals surface area contributed by atoms with Gasteiger partial charge in [0, 0.05) is 6.54 Å². The van der Waals surface area contributed by atoms with Crippen molar-refractivity contribution in [3.63, 3.8) is 0 Å². The fourth-order valence-electron chi connectivity index (χ4n) is 2.61. The van der Waals surface area contributed by atoms with Gasteiger partial charge in [0.05, 0.1) is 28.2 Å². The predicted octanol–water partition coefficient (Wildman–Crippen LogP) is 5.50. The number of nitrogens with zero attached hydrogens (tertiary/aromatic N) is 2. The Labute approximate surface area is 151 Å². The van der Waals surface area contributed by atoms with Crippen LogP contribution in [0.15, 0.2) is 36.4 Å². The molecule has 3 rings (SSSR count). The second kappa shape index (κ2) is 6.77. The van der Waals surface area contributed by atoms with Crippen LogP contribution in [0.2, 0.25) is 10.0 Å². The first kappa shape index (κ1) is 17.9. The molecular weight excluding hydrogens is 376 g/mol. The first-order chi connectivity index (χ1) is 11.8. The maximum atomic E-state index is 12.9. The van der Waals surface area contributed by atoms with E-state index in [1.165, 1.54) is 23.8 Å². The van der Waals surface area contributed by atoms with Gasteiger partial charge in [-0.15, -0.1) is 0 Å². The summed E-state index contributed by atoms with van der Waals surface area (Å²) in [7, 11) is 1.53. The number of imidazole rings is 1. The fraction of sp³-hybridized carbons (Fsp3) is 0.235. The van der Waals surface area contributed by atoms with Gasteiger partial charge in [0.1, 0.15) is 18.0 Å². The molecule has 0 saturated heterocycles. The minimum Gasteiger partial charge on any atom is -0.497 e. The summed E-state index contributed by atoms with van der Waals surface area (Å²) in [5.41, 5.74) is 1.65. The molecule has 3 aromatic rings. The smallest absolute Gasteiger partial charge is 0.396 e. The molecule has 1 aromatic heterocycles. The number of halogens is 5. The van der Waals surface area contributed by atoms with Crippen molar-refractivity contribution in [1.29, 1.82) is 0 Å². The lowest BCUT2D eigenvalue weighted by Crippen LogP contribution is -2.16. The Morgan fingerprint density at radius 3 is 2.52 bits per heavy atom. The van der Waals surface area contributed by atoms with Crippen molar-refractivity contribution in [3.05, 3.63) is 57.8 Å². The van der Waals surface area contributed by atoms with E-state index in [0.29, 0.717) is 16.8 Å². The van der Waals surface area contributed by atoms with Gasteiger partial charge in [-0.2, -0.15) is 13.2 Å². The molecular formula is C17H13Cl2F3N2O. The quantitative estimate of drug-likeness (QED) is 0.589. The minimum atomic E-state index is -4.37. The van der Waals surface area contributed by atoms with Crippen molar-refractivity contribution in [1.82, 2.24) is 9.55 Å². The van der Waals surface area contributed by atoms with Crippen LogP contribution in [0.3, 0.4) is 0 Å². The summed E-state index contributed by atoms with van der Waals surface area (Å²) in [5, 5.41) is 0.512. The van der Waals surface area contributed by atoms with Gasteiger partial charge in [-0.05, 0) is 29.8 Å². The number of hydrogen-bond acceptors (Lipinski definition) is 2. The number of fused-ring (bicyclic) bond motifs is 1. The lowest BCUT2D eigenvalue weighted by molar-refractivity contribution is -0.128. The predicted molar refractivity (Wildman–Crippen MR) is 91.6 cm³/mol. The summed E-state index contributed by atoms with van der Waals surface area (Å²) in [4.78, 5) is 4.11. The average Bonchev–Trinajstić information content (AvgIpc) is 2.83. The number of alkyl halides is 3. The summed E-state index contributed by atoms with van der Waals surface area (Å²) >= 11 is 12.0. The summed E-state index contributed by atoms with van der Waals surface area (Å²) in [6, 6.07) is 10.1. The monoisotopic (exact) mass is 388 g/mol. The molecule has 0 fully saturated rings. The van der Waals surface area contributed by atoms with E-state index in [9.17, 15) is 13.2 Å². The van der Waals surface area contributed by atoms with E-state index >= 15 is 0 Å². The molecule has 8 heteroatoms. The molecule has 0 aliphatic rings. The lowest BCUT2D eigenvalue weighted by Gasteiger charge is -2.12. The van der Waals surface area contributed by atoms with Crippen LogP contribution in [0.5, 0.6) is 5.75 Å². The summed E-state index contributed by atoms with van der Waals surface area (Å²) in [6.45, 7) is 0.205. The highest BCUT2D eigenvalue weighted by atomic mass is 35.5. The van der Waals surface area contributed by atoms with E-state index in [4.69, 9.17) is 27.9 Å². The molecule has 0 bridgehead atoms. The largest absolute Gasteiger partial charge is 0.497 e. The zero-order valence-electron chi connectivity index (χ0n) is 13.1. The summed E-state index contributed by atoms with van der Waals surface area (Å²) in [6.07, 6.45) is -5.51. The molecule has 0 saturated carbocycles. The molecule has 3 nitrogen and oxygen atoms in total. The Morgan fingerprint density at radius 2 is 1.84 bits per heavy atom. The van der Waals surface area contributed by atoms with Crippen LogP contribution in [0, 0.1) is 0 Å². The molecule has 0 aliphatic carbocycles. The van der Waals surface area contributed by atoms with Crippen LogP contribution in [0.25, 0.3) is 11.0 Å². The minimum absolute atomic E-state index is 0.0938. The maximum Gasteiger partial charge on any atom is 0.396 e. The maximum absolute atomic E-state index is 12.9. The Kier molecular flexibility index (Phi) is 4.84. The van der Waals surface area contributed by atoms with Crippen LogP contribution >= 0.6 is 23.2 Å². The Balaban J connectivity index is 2.12. The number of ether oxygens (including phenoxy) is 1. The summed E-state index contributed by atoms with van der Waals surface area (Å²) in [5.74, 6) is 0.532. The summed E-state index contributed by atoms with van der Waals surface area (Å²) < 4.78 is 45.5. The van der Waals surface area contributed by atoms with Crippen molar-refractivity contribution in [2.75, 3.05) is 7.11 Å². The Hall–Kier alpha value is -1.92. The number of aromatic nitrogens is 2. The molecule has 2 aromatic carbocycles. The molecule has 0 N–H and O–H groups in total. The van der Waals surface area contributed by atoms with Gasteiger partial charge < -0.3 is 9.30 Å². The van der Waals surface area contributed by atoms with Gasteiger partial charge in [0.2, 0.25) is 0 Å². The van der Waals surface area contributed by atoms with Gasteiger partial charge >= 0.3 is 6.18 Å². The van der Waals surface area contributed by atoms with Gasteiger partial charge in [-0.25, -0.2) is 4.98 Å². The van der Waals surface area contributed by atoms with Crippen LogP contribution in [0.4, 0.5) is 13.2 Å². The normalized spacial score (nSPS) is 11.9. The highest BCUT2D eigenvalue weighted by Gasteiger charge is 2.31. The van der Waals surface area contributed by atoms with Gasteiger partial charge in [-0.1, -0.05) is 35.3 Å². The van der Waals surface area contributed by atoms with Crippen LogP contribution in [0.1, 0.15) is 11.4 Å².